The van der Waals surface area contributed by atoms with Crippen LogP contribution in [0.3, 0.4) is 0 Å². The lowest BCUT2D eigenvalue weighted by Crippen LogP contribution is -2.35. The second kappa shape index (κ2) is 4.63. The second-order valence-electron chi connectivity index (χ2n) is 5.71. The third-order valence-electron chi connectivity index (χ3n) is 4.77. The largest absolute Gasteiger partial charge is 0.317 e. The summed E-state index contributed by atoms with van der Waals surface area (Å²) < 4.78 is 2.11. The quantitative estimate of drug-likeness (QED) is 0.850. The number of nitrogens with zero attached hydrogens (tertiary/aromatic N) is 4. The maximum absolute atomic E-state index is 4.30. The van der Waals surface area contributed by atoms with Crippen LogP contribution < -0.4 is 5.32 Å². The normalized spacial score (nSPS) is 32.1. The van der Waals surface area contributed by atoms with Crippen LogP contribution in [0.2, 0.25) is 0 Å². The molecule has 3 atom stereocenters. The van der Waals surface area contributed by atoms with Gasteiger partial charge in [-0.1, -0.05) is 6.92 Å². The van der Waals surface area contributed by atoms with E-state index in [1.54, 1.807) is 0 Å². The fourth-order valence-electron chi connectivity index (χ4n) is 3.62. The molecule has 0 aliphatic carbocycles. The van der Waals surface area contributed by atoms with Crippen molar-refractivity contribution in [3.63, 3.8) is 0 Å². The third-order valence-corrected chi connectivity index (χ3v) is 4.77. The van der Waals surface area contributed by atoms with Crippen LogP contribution >= 0.6 is 0 Å². The highest BCUT2D eigenvalue weighted by molar-refractivity contribution is 5.01. The van der Waals surface area contributed by atoms with Crippen LogP contribution in [0.4, 0.5) is 0 Å². The van der Waals surface area contributed by atoms with E-state index in [0.29, 0.717) is 6.04 Å². The Labute approximate surface area is 109 Å². The van der Waals surface area contributed by atoms with Crippen LogP contribution in [0.15, 0.2) is 0 Å². The van der Waals surface area contributed by atoms with E-state index in [4.69, 9.17) is 0 Å². The Morgan fingerprint density at radius 2 is 2.17 bits per heavy atom. The molecule has 3 heterocycles. The van der Waals surface area contributed by atoms with E-state index in [9.17, 15) is 0 Å². The van der Waals surface area contributed by atoms with Gasteiger partial charge in [0, 0.05) is 19.6 Å². The average molecular weight is 249 g/mol. The topological polar surface area (TPSA) is 46.0 Å². The molecule has 5 heteroatoms. The van der Waals surface area contributed by atoms with E-state index >= 15 is 0 Å². The fourth-order valence-corrected chi connectivity index (χ4v) is 3.62. The van der Waals surface area contributed by atoms with Gasteiger partial charge in [0.05, 0.1) is 6.54 Å². The van der Waals surface area contributed by atoms with Gasteiger partial charge in [-0.25, -0.2) is 0 Å². The summed E-state index contributed by atoms with van der Waals surface area (Å²) in [5.74, 6) is 3.77. The molecule has 100 valence electrons. The molecule has 2 aliphatic rings. The van der Waals surface area contributed by atoms with E-state index in [1.165, 1.54) is 26.1 Å². The maximum atomic E-state index is 4.30. The summed E-state index contributed by atoms with van der Waals surface area (Å²) >= 11 is 0. The molecule has 1 aromatic heterocycles. The average Bonchev–Trinajstić information content (AvgIpc) is 2.99. The Morgan fingerprint density at radius 1 is 1.33 bits per heavy atom. The minimum Gasteiger partial charge on any atom is -0.317 e. The predicted molar refractivity (Wildman–Crippen MR) is 70.1 cm³/mol. The van der Waals surface area contributed by atoms with Crippen molar-refractivity contribution in [3.05, 3.63) is 11.6 Å². The van der Waals surface area contributed by atoms with Gasteiger partial charge in [-0.15, -0.1) is 10.2 Å². The van der Waals surface area contributed by atoms with Crippen LogP contribution in [0.5, 0.6) is 0 Å². The zero-order valence-electron chi connectivity index (χ0n) is 11.6. The summed E-state index contributed by atoms with van der Waals surface area (Å²) in [5, 5.41) is 12.0. The molecule has 0 radical (unpaired) electrons. The van der Waals surface area contributed by atoms with Crippen molar-refractivity contribution in [1.82, 2.24) is 25.0 Å². The monoisotopic (exact) mass is 249 g/mol. The van der Waals surface area contributed by atoms with Gasteiger partial charge in [-0.2, -0.15) is 0 Å². The molecule has 0 aromatic carbocycles. The zero-order valence-corrected chi connectivity index (χ0v) is 11.6. The summed E-state index contributed by atoms with van der Waals surface area (Å²) in [6.07, 6.45) is 1.24. The first-order valence-electron chi connectivity index (χ1n) is 7.00. The van der Waals surface area contributed by atoms with Crippen molar-refractivity contribution in [2.45, 2.75) is 32.9 Å². The number of nitrogens with one attached hydrogen (secondary N) is 1. The van der Waals surface area contributed by atoms with Gasteiger partial charge in [-0.3, -0.25) is 4.90 Å². The van der Waals surface area contributed by atoms with E-state index in [2.05, 4.69) is 39.0 Å². The standard InChI is InChI=1S/C13H23N5/c1-4-12-11-6-14-5-10(11)7-18(12)8-13-16-15-9(2)17(13)3/h10-12,14H,4-8H2,1-3H3. The number of rotatable bonds is 3. The van der Waals surface area contributed by atoms with E-state index in [0.717, 1.165) is 30.0 Å². The third kappa shape index (κ3) is 1.86. The number of likely N-dealkylation sites (tertiary alicyclic amines) is 1. The van der Waals surface area contributed by atoms with E-state index < -0.39 is 0 Å². The number of hydrogen-bond donors (Lipinski definition) is 1. The van der Waals surface area contributed by atoms with Crippen LogP contribution in [0, 0.1) is 18.8 Å². The Morgan fingerprint density at radius 3 is 2.83 bits per heavy atom. The van der Waals surface area contributed by atoms with Crippen LogP contribution in [0.25, 0.3) is 0 Å². The minimum atomic E-state index is 0.710. The molecule has 3 unspecified atom stereocenters. The van der Waals surface area contributed by atoms with Crippen molar-refractivity contribution in [2.75, 3.05) is 19.6 Å². The van der Waals surface area contributed by atoms with E-state index in [-0.39, 0.29) is 0 Å². The SMILES string of the molecule is CCC1C2CNCC2CN1Cc1nnc(C)n1C. The molecule has 2 fully saturated rings. The van der Waals surface area contributed by atoms with Gasteiger partial charge >= 0.3 is 0 Å². The number of fused-ring (bicyclic) bond motifs is 1. The molecule has 0 spiro atoms. The Hall–Kier alpha value is -0.940. The lowest BCUT2D eigenvalue weighted by Gasteiger charge is -2.26. The molecular formula is C13H23N5. The molecule has 2 aliphatic heterocycles. The highest BCUT2D eigenvalue weighted by Crippen LogP contribution is 2.34. The van der Waals surface area contributed by atoms with Crippen molar-refractivity contribution < 1.29 is 0 Å². The second-order valence-corrected chi connectivity index (χ2v) is 5.71. The first kappa shape index (κ1) is 12.1. The van der Waals surface area contributed by atoms with Gasteiger partial charge in [0.25, 0.3) is 0 Å². The summed E-state index contributed by atoms with van der Waals surface area (Å²) in [6.45, 7) is 8.86. The lowest BCUT2D eigenvalue weighted by atomic mass is 9.93. The maximum Gasteiger partial charge on any atom is 0.146 e. The van der Waals surface area contributed by atoms with Gasteiger partial charge in [0.2, 0.25) is 0 Å². The molecule has 5 nitrogen and oxygen atoms in total. The Balaban J connectivity index is 1.75. The molecule has 1 N–H and O–H groups in total. The van der Waals surface area contributed by atoms with Gasteiger partial charge in [0.15, 0.2) is 0 Å². The van der Waals surface area contributed by atoms with Crippen molar-refractivity contribution in [1.29, 1.82) is 0 Å². The Bertz CT molecular complexity index is 427. The highest BCUT2D eigenvalue weighted by atomic mass is 15.3. The van der Waals surface area contributed by atoms with Crippen LogP contribution in [0.1, 0.15) is 25.0 Å². The lowest BCUT2D eigenvalue weighted by molar-refractivity contribution is 0.203. The zero-order chi connectivity index (χ0) is 12.7. The fraction of sp³-hybridized carbons (Fsp3) is 0.846. The summed E-state index contributed by atoms with van der Waals surface area (Å²) in [7, 11) is 2.06. The van der Waals surface area contributed by atoms with E-state index in [1.807, 2.05) is 6.92 Å². The number of hydrogen-bond acceptors (Lipinski definition) is 4. The predicted octanol–water partition coefficient (Wildman–Crippen LogP) is 0.553. The highest BCUT2D eigenvalue weighted by Gasteiger charge is 2.43. The molecule has 0 bridgehead atoms. The van der Waals surface area contributed by atoms with Gasteiger partial charge in [-0.05, 0) is 38.3 Å². The molecule has 18 heavy (non-hydrogen) atoms. The van der Waals surface area contributed by atoms with Crippen molar-refractivity contribution >= 4 is 0 Å². The molecule has 3 rings (SSSR count). The first-order chi connectivity index (χ1) is 8.70. The van der Waals surface area contributed by atoms with Gasteiger partial charge in [0.1, 0.15) is 11.6 Å². The molecule has 0 amide bonds. The molecular weight excluding hydrogens is 226 g/mol. The molecule has 2 saturated heterocycles. The minimum absolute atomic E-state index is 0.710. The van der Waals surface area contributed by atoms with Crippen molar-refractivity contribution in [3.8, 4) is 0 Å². The van der Waals surface area contributed by atoms with Crippen LogP contribution in [-0.2, 0) is 13.6 Å². The Kier molecular flexibility index (Phi) is 3.11. The number of aryl methyl sites for hydroxylation is 1. The van der Waals surface area contributed by atoms with Crippen molar-refractivity contribution in [2.24, 2.45) is 18.9 Å². The summed E-state index contributed by atoms with van der Waals surface area (Å²) in [6, 6.07) is 0.710. The summed E-state index contributed by atoms with van der Waals surface area (Å²) in [4.78, 5) is 2.61. The molecule has 1 aromatic rings. The first-order valence-corrected chi connectivity index (χ1v) is 7.00. The number of aromatic nitrogens is 3. The van der Waals surface area contributed by atoms with Crippen LogP contribution in [-0.4, -0.2) is 45.3 Å². The molecule has 0 saturated carbocycles. The summed E-state index contributed by atoms with van der Waals surface area (Å²) in [5.41, 5.74) is 0. The van der Waals surface area contributed by atoms with Gasteiger partial charge < -0.3 is 9.88 Å². The smallest absolute Gasteiger partial charge is 0.146 e.